The first kappa shape index (κ1) is 19.3. The molecule has 0 saturated carbocycles. The molecular formula is C11H18N4O7. The van der Waals surface area contributed by atoms with Crippen LogP contribution in [0.5, 0.6) is 0 Å². The second-order valence-electron chi connectivity index (χ2n) is 4.39. The van der Waals surface area contributed by atoms with E-state index in [0.29, 0.717) is 0 Å². The first-order chi connectivity index (χ1) is 10.1. The van der Waals surface area contributed by atoms with E-state index in [0.717, 1.165) is 0 Å². The largest absolute Gasteiger partial charge is 0.481 e. The molecule has 0 aliphatic rings. The van der Waals surface area contributed by atoms with Crippen LogP contribution in [0, 0.1) is 0 Å². The van der Waals surface area contributed by atoms with E-state index in [-0.39, 0.29) is 6.42 Å². The average molecular weight is 318 g/mol. The fourth-order valence-corrected chi connectivity index (χ4v) is 1.38. The number of rotatable bonds is 10. The minimum absolute atomic E-state index is 0.300. The predicted octanol–water partition coefficient (Wildman–Crippen LogP) is -3.26. The molecule has 3 amide bonds. The van der Waals surface area contributed by atoms with Crippen molar-refractivity contribution in [3.8, 4) is 0 Å². The second-order valence-corrected chi connectivity index (χ2v) is 4.39. The molecular weight excluding hydrogens is 300 g/mol. The Bertz CT molecular complexity index is 465. The Balaban J connectivity index is 4.29. The zero-order valence-corrected chi connectivity index (χ0v) is 11.6. The van der Waals surface area contributed by atoms with E-state index in [4.69, 9.17) is 21.7 Å². The maximum atomic E-state index is 11.5. The van der Waals surface area contributed by atoms with Crippen molar-refractivity contribution in [1.29, 1.82) is 0 Å². The Labute approximate surface area is 125 Å². The highest BCUT2D eigenvalue weighted by molar-refractivity contribution is 5.91. The lowest BCUT2D eigenvalue weighted by molar-refractivity contribution is -0.143. The maximum Gasteiger partial charge on any atom is 0.326 e. The molecule has 0 bridgehead atoms. The van der Waals surface area contributed by atoms with Crippen molar-refractivity contribution in [3.63, 3.8) is 0 Å². The third-order valence-corrected chi connectivity index (χ3v) is 2.46. The zero-order chi connectivity index (χ0) is 17.3. The van der Waals surface area contributed by atoms with Gasteiger partial charge in [-0.25, -0.2) is 4.79 Å². The van der Waals surface area contributed by atoms with Crippen LogP contribution in [0.15, 0.2) is 0 Å². The lowest BCUT2D eigenvalue weighted by Crippen LogP contribution is -2.49. The van der Waals surface area contributed by atoms with Gasteiger partial charge in [-0.2, -0.15) is 0 Å². The molecule has 0 rings (SSSR count). The van der Waals surface area contributed by atoms with Crippen LogP contribution < -0.4 is 22.1 Å². The molecule has 22 heavy (non-hydrogen) atoms. The molecule has 0 spiro atoms. The quantitative estimate of drug-likeness (QED) is 0.241. The normalized spacial score (nSPS) is 12.8. The highest BCUT2D eigenvalue weighted by Gasteiger charge is 2.22. The fraction of sp³-hybridized carbons (Fsp3) is 0.545. The summed E-state index contributed by atoms with van der Waals surface area (Å²) in [5.74, 6) is -5.02. The van der Waals surface area contributed by atoms with Gasteiger partial charge >= 0.3 is 11.9 Å². The van der Waals surface area contributed by atoms with Gasteiger partial charge in [-0.15, -0.1) is 0 Å². The topological polar surface area (TPSA) is 202 Å². The summed E-state index contributed by atoms with van der Waals surface area (Å²) in [4.78, 5) is 54.7. The van der Waals surface area contributed by atoms with E-state index in [1.807, 2.05) is 0 Å². The molecule has 0 radical (unpaired) electrons. The minimum atomic E-state index is -1.40. The molecule has 0 fully saturated rings. The van der Waals surface area contributed by atoms with Crippen molar-refractivity contribution in [2.24, 2.45) is 11.5 Å². The number of carbonyl (C=O) groups excluding carboxylic acids is 3. The minimum Gasteiger partial charge on any atom is -0.481 e. The number of carboxylic acid groups (broad SMARTS) is 2. The van der Waals surface area contributed by atoms with Crippen LogP contribution in [0.1, 0.15) is 19.3 Å². The van der Waals surface area contributed by atoms with Gasteiger partial charge in [0.05, 0.1) is 19.0 Å². The van der Waals surface area contributed by atoms with Crippen molar-refractivity contribution in [2.75, 3.05) is 6.54 Å². The van der Waals surface area contributed by atoms with E-state index in [1.165, 1.54) is 0 Å². The molecule has 8 N–H and O–H groups in total. The third-order valence-electron chi connectivity index (χ3n) is 2.46. The van der Waals surface area contributed by atoms with Gasteiger partial charge in [-0.05, 0) is 6.42 Å². The first-order valence-electron chi connectivity index (χ1n) is 6.19. The zero-order valence-electron chi connectivity index (χ0n) is 11.6. The van der Waals surface area contributed by atoms with Gasteiger partial charge < -0.3 is 32.3 Å². The summed E-state index contributed by atoms with van der Waals surface area (Å²) in [5.41, 5.74) is 10.2. The summed E-state index contributed by atoms with van der Waals surface area (Å²) in [6.45, 7) is -0.567. The molecule has 0 aliphatic carbocycles. The molecule has 0 aromatic heterocycles. The van der Waals surface area contributed by atoms with Crippen molar-refractivity contribution in [2.45, 2.75) is 31.3 Å². The highest BCUT2D eigenvalue weighted by atomic mass is 16.4. The van der Waals surface area contributed by atoms with Gasteiger partial charge in [0.1, 0.15) is 6.04 Å². The summed E-state index contributed by atoms with van der Waals surface area (Å²) in [6, 6.07) is -2.60. The Morgan fingerprint density at radius 2 is 1.68 bits per heavy atom. The summed E-state index contributed by atoms with van der Waals surface area (Å²) in [5, 5.41) is 21.5. The Kier molecular flexibility index (Phi) is 8.15. The summed E-state index contributed by atoms with van der Waals surface area (Å²) in [7, 11) is 0. The van der Waals surface area contributed by atoms with Crippen molar-refractivity contribution in [3.05, 3.63) is 0 Å². The number of carboxylic acids is 2. The van der Waals surface area contributed by atoms with E-state index in [1.54, 1.807) is 0 Å². The predicted molar refractivity (Wildman–Crippen MR) is 71.2 cm³/mol. The Morgan fingerprint density at radius 1 is 1.09 bits per heavy atom. The Morgan fingerprint density at radius 3 is 2.14 bits per heavy atom. The second kappa shape index (κ2) is 9.28. The number of nitrogens with two attached hydrogens (primary N) is 2. The van der Waals surface area contributed by atoms with Gasteiger partial charge in [0, 0.05) is 6.42 Å². The highest BCUT2D eigenvalue weighted by Crippen LogP contribution is 1.98. The number of nitrogens with one attached hydrogen (secondary N) is 2. The smallest absolute Gasteiger partial charge is 0.326 e. The summed E-state index contributed by atoms with van der Waals surface area (Å²) < 4.78 is 0. The van der Waals surface area contributed by atoms with E-state index >= 15 is 0 Å². The van der Waals surface area contributed by atoms with Crippen LogP contribution in [0.25, 0.3) is 0 Å². The SMILES string of the molecule is NC(=O)C[C@H](N)C(=O)NCC(=O)N[C@@H](CCC(=O)O)C(=O)O. The molecule has 11 heteroatoms. The van der Waals surface area contributed by atoms with Gasteiger partial charge in [0.15, 0.2) is 0 Å². The van der Waals surface area contributed by atoms with E-state index < -0.39 is 61.1 Å². The number of aliphatic carboxylic acids is 2. The first-order valence-corrected chi connectivity index (χ1v) is 6.19. The van der Waals surface area contributed by atoms with Gasteiger partial charge in [0.25, 0.3) is 0 Å². The van der Waals surface area contributed by atoms with Crippen molar-refractivity contribution >= 4 is 29.7 Å². The maximum absolute atomic E-state index is 11.5. The van der Waals surface area contributed by atoms with Crippen molar-refractivity contribution < 1.29 is 34.2 Å². The summed E-state index contributed by atoms with van der Waals surface area (Å²) in [6.07, 6.45) is -1.14. The molecule has 11 nitrogen and oxygen atoms in total. The molecule has 0 aliphatic heterocycles. The van der Waals surface area contributed by atoms with Crippen LogP contribution >= 0.6 is 0 Å². The van der Waals surface area contributed by atoms with Crippen LogP contribution in [0.2, 0.25) is 0 Å². The fourth-order valence-electron chi connectivity index (χ4n) is 1.38. The number of primary amides is 1. The standard InChI is InChI=1S/C11H18N4O7/c12-5(3-7(13)16)10(20)14-4-8(17)15-6(11(21)22)1-2-9(18)19/h5-6H,1-4,12H2,(H2,13,16)(H,14,20)(H,15,17)(H,18,19)(H,21,22)/t5-,6-/m0/s1. The van der Waals surface area contributed by atoms with Gasteiger partial charge in [0.2, 0.25) is 17.7 Å². The number of hydrogen-bond donors (Lipinski definition) is 6. The molecule has 0 heterocycles. The van der Waals surface area contributed by atoms with Crippen LogP contribution in [0.4, 0.5) is 0 Å². The van der Waals surface area contributed by atoms with Crippen LogP contribution in [-0.4, -0.2) is 58.5 Å². The molecule has 0 unspecified atom stereocenters. The molecule has 0 aromatic carbocycles. The van der Waals surface area contributed by atoms with Gasteiger partial charge in [-0.3, -0.25) is 19.2 Å². The monoisotopic (exact) mass is 318 g/mol. The molecule has 2 atom stereocenters. The average Bonchev–Trinajstić information content (AvgIpc) is 2.39. The summed E-state index contributed by atoms with van der Waals surface area (Å²) >= 11 is 0. The molecule has 124 valence electrons. The number of amides is 3. The lowest BCUT2D eigenvalue weighted by Gasteiger charge is -2.15. The molecule has 0 saturated heterocycles. The van der Waals surface area contributed by atoms with Crippen LogP contribution in [-0.2, 0) is 24.0 Å². The Hall–Kier alpha value is -2.69. The van der Waals surface area contributed by atoms with Crippen LogP contribution in [0.3, 0.4) is 0 Å². The van der Waals surface area contributed by atoms with Crippen molar-refractivity contribution in [1.82, 2.24) is 10.6 Å². The third kappa shape index (κ3) is 8.47. The van der Waals surface area contributed by atoms with E-state index in [2.05, 4.69) is 10.6 Å². The number of hydrogen-bond acceptors (Lipinski definition) is 6. The lowest BCUT2D eigenvalue weighted by atomic mass is 10.1. The molecule has 0 aromatic rings. The van der Waals surface area contributed by atoms with Gasteiger partial charge in [-0.1, -0.05) is 0 Å². The van der Waals surface area contributed by atoms with E-state index in [9.17, 15) is 24.0 Å². The number of carbonyl (C=O) groups is 5.